The number of fused-ring (bicyclic) bond motifs is 1. The van der Waals surface area contributed by atoms with Crippen molar-refractivity contribution in [2.45, 2.75) is 31.2 Å². The molecule has 25 heavy (non-hydrogen) atoms. The second-order valence-corrected chi connectivity index (χ2v) is 8.08. The van der Waals surface area contributed by atoms with Gasteiger partial charge >= 0.3 is 0 Å². The molecule has 2 aromatic rings. The second kappa shape index (κ2) is 7.10. The van der Waals surface area contributed by atoms with Crippen LogP contribution < -0.4 is 5.32 Å². The topological polar surface area (TPSA) is 32.3 Å². The maximum Gasteiger partial charge on any atom is 0.242 e. The summed E-state index contributed by atoms with van der Waals surface area (Å²) in [4.78, 5) is 15.4. The van der Waals surface area contributed by atoms with Crippen LogP contribution in [0.15, 0.2) is 46.9 Å². The average molecular weight is 420 g/mol. The number of piperidine rings is 1. The van der Waals surface area contributed by atoms with Gasteiger partial charge in [-0.15, -0.1) is 0 Å². The lowest BCUT2D eigenvalue weighted by Gasteiger charge is -2.42. The van der Waals surface area contributed by atoms with Crippen molar-refractivity contribution in [1.29, 1.82) is 0 Å². The summed E-state index contributed by atoms with van der Waals surface area (Å²) in [5.41, 5.74) is 3.03. The number of hydrogen-bond donors (Lipinski definition) is 1. The molecule has 0 radical (unpaired) electrons. The molecule has 5 heteroatoms. The number of halogens is 2. The number of nitrogens with one attached hydrogen (secondary N) is 1. The summed E-state index contributed by atoms with van der Waals surface area (Å²) in [6.07, 6.45) is 3.53. The maximum absolute atomic E-state index is 13.0. The summed E-state index contributed by atoms with van der Waals surface area (Å²) in [5, 5.41) is 3.83. The van der Waals surface area contributed by atoms with Gasteiger partial charge in [-0.1, -0.05) is 52.2 Å². The minimum absolute atomic E-state index is 0.0620. The molecule has 2 aliphatic heterocycles. The monoisotopic (exact) mass is 418 g/mol. The van der Waals surface area contributed by atoms with E-state index in [1.807, 2.05) is 36.4 Å². The van der Waals surface area contributed by atoms with Crippen LogP contribution in [-0.2, 0) is 4.79 Å². The standard InChI is InChI=1S/C20H20BrClN2O/c21-13-8-9-17-15(12-13)18(14-6-2-3-7-16(14)22)19(20(25)23-17)24-10-4-1-5-11-24/h2-3,6-9,12,18-19H,1,4-5,10-11H2,(H,23,25)/t18-,19-/m1/s1. The molecular weight excluding hydrogens is 400 g/mol. The fraction of sp³-hybridized carbons (Fsp3) is 0.350. The molecular formula is C20H20BrClN2O. The van der Waals surface area contributed by atoms with Crippen molar-refractivity contribution in [3.8, 4) is 0 Å². The lowest BCUT2D eigenvalue weighted by atomic mass is 9.80. The third-order valence-electron chi connectivity index (χ3n) is 5.22. The van der Waals surface area contributed by atoms with Gasteiger partial charge in [-0.25, -0.2) is 0 Å². The van der Waals surface area contributed by atoms with Crippen molar-refractivity contribution in [3.05, 3.63) is 63.1 Å². The Bertz CT molecular complexity index is 804. The van der Waals surface area contributed by atoms with Crippen molar-refractivity contribution < 1.29 is 4.79 Å². The Balaban J connectivity index is 1.87. The first-order valence-corrected chi connectivity index (χ1v) is 9.91. The largest absolute Gasteiger partial charge is 0.324 e. The molecule has 1 N–H and O–H groups in total. The van der Waals surface area contributed by atoms with Gasteiger partial charge in [0, 0.05) is 21.1 Å². The minimum atomic E-state index is -0.220. The van der Waals surface area contributed by atoms with E-state index in [1.54, 1.807) is 0 Å². The molecule has 1 amide bonds. The Morgan fingerprint density at radius 1 is 1.04 bits per heavy atom. The van der Waals surface area contributed by atoms with Crippen LogP contribution in [0.3, 0.4) is 0 Å². The van der Waals surface area contributed by atoms with E-state index in [0.29, 0.717) is 0 Å². The molecule has 0 saturated carbocycles. The number of anilines is 1. The van der Waals surface area contributed by atoms with Gasteiger partial charge in [0.05, 0.1) is 0 Å². The lowest BCUT2D eigenvalue weighted by molar-refractivity contribution is -0.122. The van der Waals surface area contributed by atoms with Crippen molar-refractivity contribution in [3.63, 3.8) is 0 Å². The molecule has 3 nitrogen and oxygen atoms in total. The van der Waals surface area contributed by atoms with E-state index in [2.05, 4.69) is 32.2 Å². The number of carbonyl (C=O) groups is 1. The number of rotatable bonds is 2. The molecule has 1 fully saturated rings. The predicted octanol–water partition coefficient (Wildman–Crippen LogP) is 5.04. The molecule has 2 aliphatic rings. The normalized spacial score (nSPS) is 23.8. The fourth-order valence-electron chi connectivity index (χ4n) is 4.07. The van der Waals surface area contributed by atoms with E-state index in [-0.39, 0.29) is 17.9 Å². The maximum atomic E-state index is 13.0. The van der Waals surface area contributed by atoms with Crippen molar-refractivity contribution in [2.24, 2.45) is 0 Å². The van der Waals surface area contributed by atoms with Crippen molar-refractivity contribution in [2.75, 3.05) is 18.4 Å². The van der Waals surface area contributed by atoms with Crippen LogP contribution in [-0.4, -0.2) is 29.9 Å². The van der Waals surface area contributed by atoms with Crippen molar-refractivity contribution in [1.82, 2.24) is 4.90 Å². The van der Waals surface area contributed by atoms with Crippen LogP contribution in [0.4, 0.5) is 5.69 Å². The van der Waals surface area contributed by atoms with Crippen LogP contribution in [0.25, 0.3) is 0 Å². The van der Waals surface area contributed by atoms with E-state index >= 15 is 0 Å². The number of carbonyl (C=O) groups excluding carboxylic acids is 1. The molecule has 0 bridgehead atoms. The van der Waals surface area contributed by atoms with Crippen molar-refractivity contribution >= 4 is 39.1 Å². The molecule has 4 rings (SSSR count). The van der Waals surface area contributed by atoms with Gasteiger partial charge in [-0.2, -0.15) is 0 Å². The van der Waals surface area contributed by atoms with Gasteiger partial charge in [0.2, 0.25) is 5.91 Å². The number of likely N-dealkylation sites (tertiary alicyclic amines) is 1. The molecule has 0 aromatic heterocycles. The summed E-state index contributed by atoms with van der Waals surface area (Å²) >= 11 is 10.1. The Labute approximate surface area is 161 Å². The van der Waals surface area contributed by atoms with E-state index in [0.717, 1.165) is 52.2 Å². The lowest BCUT2D eigenvalue weighted by Crippen LogP contribution is -2.52. The number of amides is 1. The first-order valence-electron chi connectivity index (χ1n) is 8.74. The summed E-state index contributed by atoms with van der Waals surface area (Å²) in [6, 6.07) is 13.7. The molecule has 0 spiro atoms. The van der Waals surface area contributed by atoms with E-state index in [1.165, 1.54) is 6.42 Å². The van der Waals surface area contributed by atoms with Crippen LogP contribution in [0.1, 0.15) is 36.3 Å². The van der Waals surface area contributed by atoms with Crippen LogP contribution in [0.2, 0.25) is 5.02 Å². The van der Waals surface area contributed by atoms with E-state index < -0.39 is 0 Å². The Hall–Kier alpha value is -1.36. The SMILES string of the molecule is O=C1Nc2ccc(Br)cc2[C@@H](c2ccccc2Cl)[C@H]1N1CCCCC1. The highest BCUT2D eigenvalue weighted by molar-refractivity contribution is 9.10. The van der Waals surface area contributed by atoms with Gasteiger partial charge in [-0.05, 0) is 61.3 Å². The first kappa shape index (κ1) is 17.1. The van der Waals surface area contributed by atoms with E-state index in [9.17, 15) is 4.79 Å². The third-order valence-corrected chi connectivity index (χ3v) is 6.05. The number of hydrogen-bond acceptors (Lipinski definition) is 2. The highest BCUT2D eigenvalue weighted by Gasteiger charge is 2.41. The van der Waals surface area contributed by atoms with Gasteiger partial charge < -0.3 is 5.32 Å². The predicted molar refractivity (Wildman–Crippen MR) is 105 cm³/mol. The van der Waals surface area contributed by atoms with E-state index in [4.69, 9.17) is 11.6 Å². The molecule has 0 unspecified atom stereocenters. The summed E-state index contributed by atoms with van der Waals surface area (Å²) in [7, 11) is 0. The second-order valence-electron chi connectivity index (χ2n) is 6.76. The fourth-order valence-corrected chi connectivity index (χ4v) is 4.70. The highest BCUT2D eigenvalue weighted by atomic mass is 79.9. The molecule has 0 aliphatic carbocycles. The summed E-state index contributed by atoms with van der Waals surface area (Å²) in [6.45, 7) is 1.92. The van der Waals surface area contributed by atoms with Crippen LogP contribution >= 0.6 is 27.5 Å². The molecule has 2 heterocycles. The quantitative estimate of drug-likeness (QED) is 0.739. The Morgan fingerprint density at radius 2 is 1.80 bits per heavy atom. The zero-order valence-corrected chi connectivity index (χ0v) is 16.2. The zero-order chi connectivity index (χ0) is 17.4. The van der Waals surface area contributed by atoms with Crippen LogP contribution in [0, 0.1) is 0 Å². The van der Waals surface area contributed by atoms with Gasteiger partial charge in [-0.3, -0.25) is 9.69 Å². The summed E-state index contributed by atoms with van der Waals surface area (Å²) < 4.78 is 1.01. The number of nitrogens with zero attached hydrogens (tertiary/aromatic N) is 1. The van der Waals surface area contributed by atoms with Gasteiger partial charge in [0.1, 0.15) is 6.04 Å². The number of benzene rings is 2. The molecule has 2 atom stereocenters. The zero-order valence-electron chi connectivity index (χ0n) is 13.8. The van der Waals surface area contributed by atoms with Crippen LogP contribution in [0.5, 0.6) is 0 Å². The third kappa shape index (κ3) is 3.23. The smallest absolute Gasteiger partial charge is 0.242 e. The molecule has 1 saturated heterocycles. The van der Waals surface area contributed by atoms with Gasteiger partial charge in [0.25, 0.3) is 0 Å². The Morgan fingerprint density at radius 3 is 2.56 bits per heavy atom. The van der Waals surface area contributed by atoms with Gasteiger partial charge in [0.15, 0.2) is 0 Å². The molecule has 130 valence electrons. The molecule has 2 aromatic carbocycles. The summed E-state index contributed by atoms with van der Waals surface area (Å²) in [5.74, 6) is 0.00897. The average Bonchev–Trinajstić information content (AvgIpc) is 2.62. The minimum Gasteiger partial charge on any atom is -0.324 e. The highest BCUT2D eigenvalue weighted by Crippen LogP contribution is 2.43. The first-order chi connectivity index (χ1) is 12.1. The Kier molecular flexibility index (Phi) is 4.85.